The number of amides is 1. The Balaban J connectivity index is 1.66. The summed E-state index contributed by atoms with van der Waals surface area (Å²) in [5, 5.41) is 0. The second kappa shape index (κ2) is 8.57. The number of carbonyl (C=O) groups is 1. The Kier molecular flexibility index (Phi) is 6.00. The molecule has 3 heterocycles. The largest absolute Gasteiger partial charge is 0.497 e. The van der Waals surface area contributed by atoms with E-state index in [-0.39, 0.29) is 24.7 Å². The second-order valence-corrected chi connectivity index (χ2v) is 10.1. The van der Waals surface area contributed by atoms with Gasteiger partial charge in [-0.15, -0.1) is 0 Å². The van der Waals surface area contributed by atoms with E-state index in [9.17, 15) is 13.2 Å². The first-order chi connectivity index (χ1) is 14.9. The molecule has 1 aromatic carbocycles. The molecule has 1 spiro atoms. The third kappa shape index (κ3) is 4.05. The van der Waals surface area contributed by atoms with Crippen LogP contribution in [0.15, 0.2) is 48.8 Å². The molecule has 4 rings (SSSR count). The highest BCUT2D eigenvalue weighted by atomic mass is 32.2. The molecule has 31 heavy (non-hydrogen) atoms. The normalized spacial score (nSPS) is 24.6. The Morgan fingerprint density at radius 3 is 2.68 bits per heavy atom. The highest BCUT2D eigenvalue weighted by molar-refractivity contribution is 7.89. The highest BCUT2D eigenvalue weighted by Crippen LogP contribution is 2.43. The first-order valence-corrected chi connectivity index (χ1v) is 11.9. The van der Waals surface area contributed by atoms with Crippen LogP contribution in [-0.4, -0.2) is 73.2 Å². The molecular weight excluding hydrogens is 418 g/mol. The number of nitrogens with zero attached hydrogens (tertiary/aromatic N) is 3. The summed E-state index contributed by atoms with van der Waals surface area (Å²) >= 11 is 0. The lowest BCUT2D eigenvalue weighted by molar-refractivity contribution is -0.172. The quantitative estimate of drug-likeness (QED) is 0.672. The van der Waals surface area contributed by atoms with E-state index >= 15 is 0 Å². The number of benzene rings is 1. The standard InChI is InChI=1S/C22H27N3O5S/c1-3-31(27,28)25-15-20(18-5-4-10-23-13-18)22(16-25)21(26)24(11-12-30-22)14-17-6-8-19(29-2)9-7-17/h4-10,13,20H,3,11-12,14-16H2,1-2H3. The van der Waals surface area contributed by atoms with Gasteiger partial charge in [-0.2, -0.15) is 4.31 Å². The number of ether oxygens (including phenoxy) is 2. The molecule has 1 aromatic heterocycles. The highest BCUT2D eigenvalue weighted by Gasteiger charge is 2.58. The average Bonchev–Trinajstić information content (AvgIpc) is 3.19. The molecule has 166 valence electrons. The van der Waals surface area contributed by atoms with E-state index < -0.39 is 21.5 Å². The molecule has 9 heteroatoms. The van der Waals surface area contributed by atoms with Crippen LogP contribution in [-0.2, 0) is 26.1 Å². The second-order valence-electron chi connectivity index (χ2n) is 7.84. The number of hydrogen-bond acceptors (Lipinski definition) is 6. The van der Waals surface area contributed by atoms with Crippen molar-refractivity contribution in [1.29, 1.82) is 0 Å². The Morgan fingerprint density at radius 1 is 1.26 bits per heavy atom. The SMILES string of the molecule is CCS(=O)(=O)N1CC(c2cccnc2)C2(C1)OCCN(Cc1ccc(OC)cc1)C2=O. The maximum absolute atomic E-state index is 13.8. The third-order valence-corrected chi connectivity index (χ3v) is 7.90. The lowest BCUT2D eigenvalue weighted by Gasteiger charge is -2.42. The minimum Gasteiger partial charge on any atom is -0.497 e. The number of aromatic nitrogens is 1. The first-order valence-electron chi connectivity index (χ1n) is 10.3. The van der Waals surface area contributed by atoms with Gasteiger partial charge in [0.1, 0.15) is 5.75 Å². The predicted molar refractivity (Wildman–Crippen MR) is 115 cm³/mol. The van der Waals surface area contributed by atoms with Gasteiger partial charge < -0.3 is 14.4 Å². The Labute approximate surface area is 182 Å². The van der Waals surface area contributed by atoms with Gasteiger partial charge in [0.2, 0.25) is 10.0 Å². The molecule has 8 nitrogen and oxygen atoms in total. The predicted octanol–water partition coefficient (Wildman–Crippen LogP) is 1.64. The van der Waals surface area contributed by atoms with Crippen molar-refractivity contribution in [3.05, 3.63) is 59.9 Å². The molecule has 0 N–H and O–H groups in total. The van der Waals surface area contributed by atoms with Crippen LogP contribution in [0.3, 0.4) is 0 Å². The van der Waals surface area contributed by atoms with Gasteiger partial charge in [0, 0.05) is 37.9 Å². The van der Waals surface area contributed by atoms with Gasteiger partial charge in [-0.1, -0.05) is 18.2 Å². The fourth-order valence-electron chi connectivity index (χ4n) is 4.37. The van der Waals surface area contributed by atoms with E-state index in [1.54, 1.807) is 37.4 Å². The van der Waals surface area contributed by atoms with Crippen LogP contribution < -0.4 is 4.74 Å². The lowest BCUT2D eigenvalue weighted by atomic mass is 9.83. The summed E-state index contributed by atoms with van der Waals surface area (Å²) in [5.41, 5.74) is 0.520. The number of rotatable bonds is 6. The van der Waals surface area contributed by atoms with Gasteiger partial charge in [0.05, 0.1) is 26.0 Å². The van der Waals surface area contributed by atoms with Crippen LogP contribution in [0.25, 0.3) is 0 Å². The van der Waals surface area contributed by atoms with E-state index in [4.69, 9.17) is 9.47 Å². The van der Waals surface area contributed by atoms with Crippen molar-refractivity contribution in [2.24, 2.45) is 0 Å². The number of methoxy groups -OCH3 is 1. The van der Waals surface area contributed by atoms with Crippen molar-refractivity contribution in [3.63, 3.8) is 0 Å². The first kappa shape index (κ1) is 21.7. The summed E-state index contributed by atoms with van der Waals surface area (Å²) in [5.74, 6) is 0.124. The number of sulfonamides is 1. The minimum atomic E-state index is -3.47. The number of morpholine rings is 1. The molecule has 2 aliphatic heterocycles. The van der Waals surface area contributed by atoms with Crippen molar-refractivity contribution >= 4 is 15.9 Å². The van der Waals surface area contributed by atoms with E-state index in [0.29, 0.717) is 19.7 Å². The van der Waals surface area contributed by atoms with E-state index in [1.807, 2.05) is 30.3 Å². The number of pyridine rings is 1. The zero-order valence-corrected chi connectivity index (χ0v) is 18.5. The zero-order chi connectivity index (χ0) is 22.1. The third-order valence-electron chi connectivity index (χ3n) is 6.11. The summed E-state index contributed by atoms with van der Waals surface area (Å²) < 4.78 is 38.1. The summed E-state index contributed by atoms with van der Waals surface area (Å²) in [6, 6.07) is 11.2. The smallest absolute Gasteiger partial charge is 0.257 e. The summed E-state index contributed by atoms with van der Waals surface area (Å²) in [6.45, 7) is 3.05. The maximum Gasteiger partial charge on any atom is 0.257 e. The topological polar surface area (TPSA) is 89.0 Å². The molecular formula is C22H27N3O5S. The molecule has 0 saturated carbocycles. The Hall–Kier alpha value is -2.49. The van der Waals surface area contributed by atoms with Gasteiger partial charge in [-0.3, -0.25) is 9.78 Å². The van der Waals surface area contributed by atoms with Crippen LogP contribution in [0.1, 0.15) is 24.0 Å². The molecule has 2 saturated heterocycles. The molecule has 0 bridgehead atoms. The molecule has 2 fully saturated rings. The monoisotopic (exact) mass is 445 g/mol. The number of carbonyl (C=O) groups excluding carboxylic acids is 1. The molecule has 2 aromatic rings. The van der Waals surface area contributed by atoms with Gasteiger partial charge in [0.25, 0.3) is 5.91 Å². The van der Waals surface area contributed by atoms with Gasteiger partial charge >= 0.3 is 0 Å². The van der Waals surface area contributed by atoms with Crippen LogP contribution >= 0.6 is 0 Å². The fraction of sp³-hybridized carbons (Fsp3) is 0.455. The van der Waals surface area contributed by atoms with Crippen molar-refractivity contribution in [1.82, 2.24) is 14.2 Å². The van der Waals surface area contributed by atoms with Crippen molar-refractivity contribution in [2.45, 2.75) is 25.0 Å². The van der Waals surface area contributed by atoms with Crippen LogP contribution in [0.4, 0.5) is 0 Å². The van der Waals surface area contributed by atoms with Crippen LogP contribution in [0.5, 0.6) is 5.75 Å². The summed E-state index contributed by atoms with van der Waals surface area (Å²) in [6.07, 6.45) is 3.35. The average molecular weight is 446 g/mol. The summed E-state index contributed by atoms with van der Waals surface area (Å²) in [7, 11) is -1.86. The van der Waals surface area contributed by atoms with Crippen molar-refractivity contribution in [3.8, 4) is 5.75 Å². The van der Waals surface area contributed by atoms with E-state index in [0.717, 1.165) is 16.9 Å². The molecule has 2 aliphatic rings. The number of hydrogen-bond donors (Lipinski definition) is 0. The zero-order valence-electron chi connectivity index (χ0n) is 17.7. The van der Waals surface area contributed by atoms with Crippen LogP contribution in [0, 0.1) is 0 Å². The van der Waals surface area contributed by atoms with E-state index in [2.05, 4.69) is 4.98 Å². The molecule has 0 radical (unpaired) electrons. The van der Waals surface area contributed by atoms with Crippen molar-refractivity contribution in [2.75, 3.05) is 39.1 Å². The van der Waals surface area contributed by atoms with E-state index in [1.165, 1.54) is 4.31 Å². The maximum atomic E-state index is 13.8. The van der Waals surface area contributed by atoms with Crippen molar-refractivity contribution < 1.29 is 22.7 Å². The summed E-state index contributed by atoms with van der Waals surface area (Å²) in [4.78, 5) is 19.7. The molecule has 1 amide bonds. The molecule has 0 aliphatic carbocycles. The van der Waals surface area contributed by atoms with Crippen LogP contribution in [0.2, 0.25) is 0 Å². The van der Waals surface area contributed by atoms with Gasteiger partial charge in [-0.25, -0.2) is 8.42 Å². The Morgan fingerprint density at radius 2 is 2.03 bits per heavy atom. The van der Waals surface area contributed by atoms with Gasteiger partial charge in [0.15, 0.2) is 5.60 Å². The fourth-order valence-corrected chi connectivity index (χ4v) is 5.50. The van der Waals surface area contributed by atoms with Gasteiger partial charge in [-0.05, 0) is 36.2 Å². The lowest BCUT2D eigenvalue weighted by Crippen LogP contribution is -2.60. The molecule has 2 unspecified atom stereocenters. The molecule has 2 atom stereocenters. The minimum absolute atomic E-state index is 0.0146. The Bertz CT molecular complexity index is 1030.